The van der Waals surface area contributed by atoms with Crippen LogP contribution in [0, 0.1) is 11.8 Å². The molecule has 0 bridgehead atoms. The van der Waals surface area contributed by atoms with E-state index in [1.807, 2.05) is 0 Å². The summed E-state index contributed by atoms with van der Waals surface area (Å²) >= 11 is 0. The van der Waals surface area contributed by atoms with E-state index in [0.717, 1.165) is 31.4 Å². The molecule has 4 amide bonds. The lowest BCUT2D eigenvalue weighted by atomic mass is 9.76. The van der Waals surface area contributed by atoms with Crippen LogP contribution in [0.4, 0.5) is 9.59 Å². The first-order chi connectivity index (χ1) is 9.43. The summed E-state index contributed by atoms with van der Waals surface area (Å²) in [6, 6.07) is -1.53. The molecule has 0 aromatic heterocycles. The largest absolute Gasteiger partial charge is 0.351 e. The highest BCUT2D eigenvalue weighted by Gasteiger charge is 2.32. The van der Waals surface area contributed by atoms with Crippen molar-refractivity contribution in [2.24, 2.45) is 28.4 Å². The summed E-state index contributed by atoms with van der Waals surface area (Å²) in [4.78, 5) is 21.6. The van der Waals surface area contributed by atoms with Crippen LogP contribution >= 0.6 is 0 Å². The van der Waals surface area contributed by atoms with Crippen molar-refractivity contribution in [2.45, 2.75) is 45.6 Å². The van der Waals surface area contributed by atoms with Crippen LogP contribution in [0.15, 0.2) is 5.10 Å². The third-order valence-corrected chi connectivity index (χ3v) is 3.49. The maximum atomic E-state index is 10.8. The molecule has 20 heavy (non-hydrogen) atoms. The van der Waals surface area contributed by atoms with Gasteiger partial charge in [-0.3, -0.25) is 5.43 Å². The minimum absolute atomic E-state index is 0.164. The zero-order chi connectivity index (χ0) is 15.1. The number of hydrazine groups is 1. The average molecular weight is 284 g/mol. The molecular weight excluding hydrogens is 260 g/mol. The third-order valence-electron chi connectivity index (χ3n) is 3.49. The maximum Gasteiger partial charge on any atom is 0.332 e. The number of primary amides is 2. The molecule has 7 N–H and O–H groups in total. The Morgan fingerprint density at radius 3 is 2.60 bits per heavy atom. The molecule has 0 radical (unpaired) electrons. The fourth-order valence-electron chi connectivity index (χ4n) is 2.74. The lowest BCUT2D eigenvalue weighted by molar-refractivity contribution is 0.235. The number of amides is 4. The molecule has 0 saturated heterocycles. The van der Waals surface area contributed by atoms with Crippen LogP contribution in [0.1, 0.15) is 39.5 Å². The molecule has 8 heteroatoms. The normalized spacial score (nSPS) is 28.1. The predicted octanol–water partition coefficient (Wildman–Crippen LogP) is 0.398. The Kier molecular flexibility index (Phi) is 6.23. The van der Waals surface area contributed by atoms with Gasteiger partial charge in [0.05, 0.1) is 11.8 Å². The Hall–Kier alpha value is -1.83. The highest BCUT2D eigenvalue weighted by Crippen LogP contribution is 2.30. The lowest BCUT2D eigenvalue weighted by Gasteiger charge is -2.35. The quantitative estimate of drug-likeness (QED) is 0.467. The minimum Gasteiger partial charge on any atom is -0.351 e. The van der Waals surface area contributed by atoms with Gasteiger partial charge in [-0.1, -0.05) is 26.7 Å². The van der Waals surface area contributed by atoms with Crippen molar-refractivity contribution in [2.75, 3.05) is 0 Å². The van der Waals surface area contributed by atoms with Crippen LogP contribution in [-0.2, 0) is 0 Å². The van der Waals surface area contributed by atoms with Crippen molar-refractivity contribution < 1.29 is 9.59 Å². The summed E-state index contributed by atoms with van der Waals surface area (Å²) < 4.78 is 0. The van der Waals surface area contributed by atoms with Gasteiger partial charge in [0.15, 0.2) is 0 Å². The molecule has 1 saturated carbocycles. The molecule has 3 unspecified atom stereocenters. The number of hydrazone groups is 1. The molecule has 0 aromatic rings. The Balaban J connectivity index is 2.78. The molecule has 1 aliphatic rings. The van der Waals surface area contributed by atoms with E-state index in [1.165, 1.54) is 0 Å². The Labute approximate surface area is 118 Å². The Bertz CT molecular complexity index is 384. The number of hydrogen-bond acceptors (Lipinski definition) is 4. The summed E-state index contributed by atoms with van der Waals surface area (Å²) in [6.07, 6.45) is 4.00. The Morgan fingerprint density at radius 1 is 1.35 bits per heavy atom. The monoisotopic (exact) mass is 284 g/mol. The van der Waals surface area contributed by atoms with Crippen molar-refractivity contribution in [1.82, 2.24) is 16.3 Å². The van der Waals surface area contributed by atoms with Crippen molar-refractivity contribution in [1.29, 1.82) is 0 Å². The molecule has 0 aliphatic heterocycles. The van der Waals surface area contributed by atoms with Gasteiger partial charge in [-0.15, -0.1) is 0 Å². The molecule has 8 nitrogen and oxygen atoms in total. The standard InChI is InChI=1S/C12H24N6O2/c1-3-4-8-5-7(2)10(16-18-12(14)20)9(6-8)15-17-11(13)19/h7-8,10,16H,3-6H2,1-2H3,(H3,13,17,19)(H3,14,18,20). The smallest absolute Gasteiger partial charge is 0.332 e. The van der Waals surface area contributed by atoms with Gasteiger partial charge >= 0.3 is 12.1 Å². The number of nitrogens with zero attached hydrogens (tertiary/aromatic N) is 1. The van der Waals surface area contributed by atoms with Crippen molar-refractivity contribution in [3.63, 3.8) is 0 Å². The SMILES string of the molecule is CCCC1CC(=NNC(N)=O)C(NNC(N)=O)C(C)C1. The number of urea groups is 2. The van der Waals surface area contributed by atoms with Gasteiger partial charge < -0.3 is 11.5 Å². The highest BCUT2D eigenvalue weighted by molar-refractivity contribution is 5.92. The lowest BCUT2D eigenvalue weighted by Crippen LogP contribution is -2.55. The van der Waals surface area contributed by atoms with E-state index >= 15 is 0 Å². The molecule has 0 heterocycles. The van der Waals surface area contributed by atoms with E-state index in [9.17, 15) is 9.59 Å². The zero-order valence-electron chi connectivity index (χ0n) is 12.0. The van der Waals surface area contributed by atoms with E-state index in [1.54, 1.807) is 0 Å². The van der Waals surface area contributed by atoms with Crippen LogP contribution in [0.3, 0.4) is 0 Å². The van der Waals surface area contributed by atoms with Gasteiger partial charge in [-0.25, -0.2) is 20.4 Å². The number of carbonyl (C=O) groups is 2. The molecule has 114 valence electrons. The van der Waals surface area contributed by atoms with E-state index in [4.69, 9.17) is 11.5 Å². The van der Waals surface area contributed by atoms with Crippen LogP contribution in [0.2, 0.25) is 0 Å². The second kappa shape index (κ2) is 7.68. The molecule has 1 aliphatic carbocycles. The minimum atomic E-state index is -0.704. The zero-order valence-corrected chi connectivity index (χ0v) is 12.0. The van der Waals surface area contributed by atoms with E-state index in [0.29, 0.717) is 5.92 Å². The fourth-order valence-corrected chi connectivity index (χ4v) is 2.74. The topological polar surface area (TPSA) is 135 Å². The van der Waals surface area contributed by atoms with E-state index in [2.05, 4.69) is 35.2 Å². The van der Waals surface area contributed by atoms with Gasteiger partial charge in [-0.05, 0) is 24.7 Å². The van der Waals surface area contributed by atoms with Gasteiger partial charge in [-0.2, -0.15) is 5.10 Å². The van der Waals surface area contributed by atoms with Crippen molar-refractivity contribution in [3.05, 3.63) is 0 Å². The van der Waals surface area contributed by atoms with Gasteiger partial charge in [0, 0.05) is 0 Å². The van der Waals surface area contributed by atoms with Crippen LogP contribution in [0.25, 0.3) is 0 Å². The first-order valence-electron chi connectivity index (χ1n) is 6.86. The van der Waals surface area contributed by atoms with E-state index < -0.39 is 12.1 Å². The second-order valence-corrected chi connectivity index (χ2v) is 5.26. The summed E-state index contributed by atoms with van der Waals surface area (Å²) in [7, 11) is 0. The Morgan fingerprint density at radius 2 is 2.05 bits per heavy atom. The molecular formula is C12H24N6O2. The molecule has 0 spiro atoms. The van der Waals surface area contributed by atoms with Crippen LogP contribution in [0.5, 0.6) is 0 Å². The highest BCUT2D eigenvalue weighted by atomic mass is 16.2. The van der Waals surface area contributed by atoms with E-state index in [-0.39, 0.29) is 12.0 Å². The molecule has 0 aromatic carbocycles. The summed E-state index contributed by atoms with van der Waals surface area (Å²) in [5.41, 5.74) is 18.4. The summed E-state index contributed by atoms with van der Waals surface area (Å²) in [5, 5.41) is 4.06. The number of hydrogen-bond donors (Lipinski definition) is 5. The maximum absolute atomic E-state index is 10.8. The van der Waals surface area contributed by atoms with Gasteiger partial charge in [0.25, 0.3) is 0 Å². The van der Waals surface area contributed by atoms with Crippen LogP contribution in [-0.4, -0.2) is 23.8 Å². The number of carbonyl (C=O) groups excluding carboxylic acids is 2. The van der Waals surface area contributed by atoms with Crippen molar-refractivity contribution in [3.8, 4) is 0 Å². The number of rotatable bonds is 5. The second-order valence-electron chi connectivity index (χ2n) is 5.26. The summed E-state index contributed by atoms with van der Waals surface area (Å²) in [6.45, 7) is 4.21. The first-order valence-corrected chi connectivity index (χ1v) is 6.86. The third kappa shape index (κ3) is 5.04. The first kappa shape index (κ1) is 16.2. The number of nitrogens with two attached hydrogens (primary N) is 2. The molecule has 1 rings (SSSR count). The average Bonchev–Trinajstić information content (AvgIpc) is 2.35. The number of nitrogens with one attached hydrogen (secondary N) is 3. The summed E-state index contributed by atoms with van der Waals surface area (Å²) in [5.74, 6) is 0.788. The molecule has 1 fully saturated rings. The van der Waals surface area contributed by atoms with Gasteiger partial charge in [0.1, 0.15) is 0 Å². The molecule has 3 atom stereocenters. The van der Waals surface area contributed by atoms with Gasteiger partial charge in [0.2, 0.25) is 0 Å². The van der Waals surface area contributed by atoms with Crippen LogP contribution < -0.4 is 27.7 Å². The van der Waals surface area contributed by atoms with Crippen molar-refractivity contribution >= 4 is 17.8 Å². The predicted molar refractivity (Wildman–Crippen MR) is 76.6 cm³/mol. The fraction of sp³-hybridized carbons (Fsp3) is 0.750.